The van der Waals surface area contributed by atoms with E-state index in [1.54, 1.807) is 0 Å². The Balaban J connectivity index is 1.25. The Morgan fingerprint density at radius 3 is 1.66 bits per heavy atom. The molecule has 0 radical (unpaired) electrons. The van der Waals surface area contributed by atoms with Gasteiger partial charge < -0.3 is 4.57 Å². The fraction of sp³-hybridized carbons (Fsp3) is 0. The summed E-state index contributed by atoms with van der Waals surface area (Å²) in [5, 5.41) is 4.32. The summed E-state index contributed by atoms with van der Waals surface area (Å²) in [7, 11) is 0. The molecule has 10 aromatic rings. The Morgan fingerprint density at radius 2 is 0.940 bits per heavy atom. The molecule has 7 heteroatoms. The van der Waals surface area contributed by atoms with Gasteiger partial charge in [0.25, 0.3) is 0 Å². The molecule has 0 fully saturated rings. The second kappa shape index (κ2) is 11.3. The highest BCUT2D eigenvalue weighted by Crippen LogP contribution is 2.38. The van der Waals surface area contributed by atoms with Crippen LogP contribution in [0.1, 0.15) is 0 Å². The highest BCUT2D eigenvalue weighted by Gasteiger charge is 2.21. The summed E-state index contributed by atoms with van der Waals surface area (Å²) < 4.78 is 4.40. The molecule has 0 bridgehead atoms. The Morgan fingerprint density at radius 1 is 0.380 bits per heavy atom. The topological polar surface area (TPSA) is 74.3 Å². The van der Waals surface area contributed by atoms with Gasteiger partial charge in [0.2, 0.25) is 5.95 Å². The largest absolute Gasteiger partial charge is 0.317 e. The number of hydrogen-bond acceptors (Lipinski definition) is 5. The molecule has 0 N–H and O–H groups in total. The summed E-state index contributed by atoms with van der Waals surface area (Å²) >= 11 is 0. The van der Waals surface area contributed by atoms with Crippen molar-refractivity contribution in [1.29, 1.82) is 0 Å². The van der Waals surface area contributed by atoms with Gasteiger partial charge in [-0.15, -0.1) is 0 Å². The Hall–Kier alpha value is -6.99. The molecular formula is C43H27N7. The van der Waals surface area contributed by atoms with E-state index in [2.05, 4.69) is 82.1 Å². The second-order valence-corrected chi connectivity index (χ2v) is 12.2. The summed E-state index contributed by atoms with van der Waals surface area (Å²) in [6.07, 6.45) is 2.14. The van der Waals surface area contributed by atoms with Crippen molar-refractivity contribution in [3.63, 3.8) is 0 Å². The molecular weight excluding hydrogens is 615 g/mol. The van der Waals surface area contributed by atoms with Gasteiger partial charge in [0, 0.05) is 44.6 Å². The minimum atomic E-state index is 0.487. The normalized spacial score (nSPS) is 11.6. The molecule has 0 aliphatic carbocycles. The van der Waals surface area contributed by atoms with Gasteiger partial charge in [-0.25, -0.2) is 24.9 Å². The van der Waals surface area contributed by atoms with Gasteiger partial charge in [-0.1, -0.05) is 115 Å². The van der Waals surface area contributed by atoms with Crippen LogP contribution in [0.2, 0.25) is 0 Å². The van der Waals surface area contributed by atoms with Gasteiger partial charge in [-0.2, -0.15) is 0 Å². The lowest BCUT2D eigenvalue weighted by Crippen LogP contribution is -2.06. The standard InChI is InChI=1S/C43H27N7/c1-4-14-28(15-5-1)40-46-41(29-16-6-2-7-17-29)48-42(47-40)39-31-20-10-12-22-34(31)44-43(45-39)50-36-23-13-11-21-32(36)38-33-26-27-49(30-18-8-3-9-19-30)35(33)24-25-37(38)50/h1-27H. The molecule has 0 unspecified atom stereocenters. The fourth-order valence-electron chi connectivity index (χ4n) is 6.96. The van der Waals surface area contributed by atoms with Crippen molar-refractivity contribution in [1.82, 2.24) is 34.1 Å². The number of aromatic nitrogens is 7. The smallest absolute Gasteiger partial charge is 0.235 e. The lowest BCUT2D eigenvalue weighted by Gasteiger charge is -2.12. The quantitative estimate of drug-likeness (QED) is 0.187. The number of hydrogen-bond donors (Lipinski definition) is 0. The number of nitrogens with zero attached hydrogens (tertiary/aromatic N) is 7. The predicted molar refractivity (Wildman–Crippen MR) is 200 cm³/mol. The van der Waals surface area contributed by atoms with Crippen molar-refractivity contribution in [2.24, 2.45) is 0 Å². The number of benzene rings is 6. The second-order valence-electron chi connectivity index (χ2n) is 12.2. The molecule has 0 amide bonds. The van der Waals surface area contributed by atoms with Gasteiger partial charge in [0.15, 0.2) is 17.5 Å². The highest BCUT2D eigenvalue weighted by atomic mass is 15.2. The third-order valence-corrected chi connectivity index (χ3v) is 9.24. The SMILES string of the molecule is c1ccc(-c2nc(-c3ccccc3)nc(-c3nc(-n4c5ccccc5c5c6ccn(-c7ccccc7)c6ccc54)nc4ccccc34)n2)cc1. The van der Waals surface area contributed by atoms with Crippen molar-refractivity contribution in [2.45, 2.75) is 0 Å². The monoisotopic (exact) mass is 641 g/mol. The molecule has 50 heavy (non-hydrogen) atoms. The molecule has 7 nitrogen and oxygen atoms in total. The van der Waals surface area contributed by atoms with Crippen LogP contribution in [-0.4, -0.2) is 34.1 Å². The first-order valence-electron chi connectivity index (χ1n) is 16.5. The summed E-state index contributed by atoms with van der Waals surface area (Å²) in [5.41, 5.74) is 7.56. The van der Waals surface area contributed by atoms with Crippen LogP contribution in [0.25, 0.3) is 89.5 Å². The van der Waals surface area contributed by atoms with E-state index >= 15 is 0 Å². The minimum Gasteiger partial charge on any atom is -0.317 e. The molecule has 10 rings (SSSR count). The molecule has 0 aliphatic heterocycles. The average molecular weight is 642 g/mol. The van der Waals surface area contributed by atoms with E-state index in [0.717, 1.165) is 55.0 Å². The lowest BCUT2D eigenvalue weighted by atomic mass is 10.1. The summed E-state index contributed by atoms with van der Waals surface area (Å²) in [6.45, 7) is 0. The number of para-hydroxylation sites is 3. The summed E-state index contributed by atoms with van der Waals surface area (Å²) in [5.74, 6) is 2.21. The molecule has 234 valence electrons. The zero-order valence-electron chi connectivity index (χ0n) is 26.7. The van der Waals surface area contributed by atoms with Gasteiger partial charge in [-0.3, -0.25) is 4.57 Å². The summed E-state index contributed by atoms with van der Waals surface area (Å²) in [4.78, 5) is 25.5. The van der Waals surface area contributed by atoms with Crippen LogP contribution in [0, 0.1) is 0 Å². The number of fused-ring (bicyclic) bond motifs is 6. The molecule has 0 saturated heterocycles. The van der Waals surface area contributed by atoms with E-state index in [9.17, 15) is 0 Å². The third kappa shape index (κ3) is 4.48. The summed E-state index contributed by atoms with van der Waals surface area (Å²) in [6, 6.07) is 53.5. The van der Waals surface area contributed by atoms with Crippen molar-refractivity contribution >= 4 is 43.6 Å². The van der Waals surface area contributed by atoms with Crippen molar-refractivity contribution in [3.8, 4) is 45.9 Å². The first-order chi connectivity index (χ1) is 24.8. The minimum absolute atomic E-state index is 0.487. The molecule has 4 heterocycles. The van der Waals surface area contributed by atoms with Crippen LogP contribution in [0.4, 0.5) is 0 Å². The lowest BCUT2D eigenvalue weighted by molar-refractivity contribution is 0.995. The Kier molecular flexibility index (Phi) is 6.35. The first-order valence-corrected chi connectivity index (χ1v) is 16.5. The van der Waals surface area contributed by atoms with Crippen molar-refractivity contribution in [2.75, 3.05) is 0 Å². The van der Waals surface area contributed by atoms with Crippen LogP contribution in [-0.2, 0) is 0 Å². The van der Waals surface area contributed by atoms with E-state index < -0.39 is 0 Å². The number of rotatable bonds is 5. The Bertz CT molecular complexity index is 2800. The molecule has 0 atom stereocenters. The fourth-order valence-corrected chi connectivity index (χ4v) is 6.96. The molecule has 6 aromatic carbocycles. The van der Waals surface area contributed by atoms with Gasteiger partial charge in [0.1, 0.15) is 5.69 Å². The molecule has 4 aromatic heterocycles. The average Bonchev–Trinajstić information content (AvgIpc) is 3.78. The van der Waals surface area contributed by atoms with Crippen LogP contribution < -0.4 is 0 Å². The predicted octanol–water partition coefficient (Wildman–Crippen LogP) is 9.86. The maximum absolute atomic E-state index is 5.31. The van der Waals surface area contributed by atoms with Crippen LogP contribution in [0.3, 0.4) is 0 Å². The molecule has 0 spiro atoms. The van der Waals surface area contributed by atoms with Crippen LogP contribution in [0.15, 0.2) is 164 Å². The van der Waals surface area contributed by atoms with E-state index in [-0.39, 0.29) is 0 Å². The highest BCUT2D eigenvalue weighted by molar-refractivity contribution is 6.21. The molecule has 0 aliphatic rings. The van der Waals surface area contributed by atoms with E-state index in [4.69, 9.17) is 24.9 Å². The van der Waals surface area contributed by atoms with Crippen LogP contribution >= 0.6 is 0 Å². The van der Waals surface area contributed by atoms with E-state index in [1.165, 1.54) is 5.39 Å². The Labute approximate surface area is 286 Å². The third-order valence-electron chi connectivity index (χ3n) is 9.24. The van der Waals surface area contributed by atoms with Crippen molar-refractivity contribution in [3.05, 3.63) is 164 Å². The van der Waals surface area contributed by atoms with E-state index in [0.29, 0.717) is 29.1 Å². The van der Waals surface area contributed by atoms with Crippen LogP contribution in [0.5, 0.6) is 0 Å². The molecule has 0 saturated carbocycles. The van der Waals surface area contributed by atoms with Gasteiger partial charge >= 0.3 is 0 Å². The zero-order valence-corrected chi connectivity index (χ0v) is 26.7. The zero-order chi connectivity index (χ0) is 33.0. The van der Waals surface area contributed by atoms with E-state index in [1.807, 2.05) is 91.0 Å². The van der Waals surface area contributed by atoms with Gasteiger partial charge in [0.05, 0.1) is 22.1 Å². The first kappa shape index (κ1) is 28.1. The van der Waals surface area contributed by atoms with Gasteiger partial charge in [-0.05, 0) is 42.5 Å². The van der Waals surface area contributed by atoms with Crippen molar-refractivity contribution < 1.29 is 0 Å². The maximum Gasteiger partial charge on any atom is 0.235 e. The maximum atomic E-state index is 5.31.